The van der Waals surface area contributed by atoms with Gasteiger partial charge >= 0.3 is 0 Å². The summed E-state index contributed by atoms with van der Waals surface area (Å²) >= 11 is 0. The van der Waals surface area contributed by atoms with Crippen molar-refractivity contribution in [1.29, 1.82) is 0 Å². The predicted molar refractivity (Wildman–Crippen MR) is 89.1 cm³/mol. The lowest BCUT2D eigenvalue weighted by Crippen LogP contribution is -2.08. The van der Waals surface area contributed by atoms with Crippen LogP contribution in [0.4, 0.5) is 4.39 Å². The molecule has 0 atom stereocenters. The number of rotatable bonds is 6. The number of aromatic amines is 1. The number of Topliss-reactive ketones (excluding diaryl/α,β-unsaturated/α-hetero) is 1. The summed E-state index contributed by atoms with van der Waals surface area (Å²) in [5, 5.41) is 3.32. The van der Waals surface area contributed by atoms with Crippen LogP contribution in [0.2, 0.25) is 0 Å². The van der Waals surface area contributed by atoms with Gasteiger partial charge in [-0.3, -0.25) is 19.4 Å². The molecule has 0 aliphatic carbocycles. The molecule has 0 spiro atoms. The molecular weight excluding hydrogens is 311 g/mol. The van der Waals surface area contributed by atoms with E-state index in [2.05, 4.69) is 5.10 Å². The monoisotopic (exact) mass is 328 g/mol. The van der Waals surface area contributed by atoms with E-state index in [0.29, 0.717) is 36.1 Å². The molecule has 0 fully saturated rings. The molecule has 0 unspecified atom stereocenters. The molecule has 1 N–H and O–H groups in total. The summed E-state index contributed by atoms with van der Waals surface area (Å²) in [5.74, 6) is 0.214. The molecule has 3 rings (SSSR count). The Morgan fingerprint density at radius 2 is 1.96 bits per heavy atom. The quantitative estimate of drug-likeness (QED) is 0.707. The summed E-state index contributed by atoms with van der Waals surface area (Å²) in [4.78, 5) is 24.1. The smallest absolute Gasteiger partial charge is 0.272 e. The predicted octanol–water partition coefficient (Wildman–Crippen LogP) is 3.14. The van der Waals surface area contributed by atoms with E-state index in [0.717, 1.165) is 5.52 Å². The van der Waals surface area contributed by atoms with Crippen LogP contribution in [0.25, 0.3) is 10.9 Å². The molecule has 0 aliphatic heterocycles. The van der Waals surface area contributed by atoms with Crippen LogP contribution in [-0.2, 0) is 6.54 Å². The largest absolute Gasteiger partial charge is 0.497 e. The highest BCUT2D eigenvalue weighted by Gasteiger charge is 2.09. The van der Waals surface area contributed by atoms with Crippen molar-refractivity contribution in [1.82, 2.24) is 9.78 Å². The van der Waals surface area contributed by atoms with E-state index < -0.39 is 0 Å². The number of benzene rings is 2. The zero-order valence-corrected chi connectivity index (χ0v) is 13.2. The SMILES string of the molecule is COc1ccc2c(c1)c(=O)[nH]n2CCCC(=O)c1ccc(F)cc1. The van der Waals surface area contributed by atoms with Gasteiger partial charge in [0.25, 0.3) is 5.56 Å². The number of ketones is 1. The molecule has 3 aromatic rings. The van der Waals surface area contributed by atoms with Gasteiger partial charge in [-0.05, 0) is 48.9 Å². The third-order valence-electron chi connectivity index (χ3n) is 3.93. The van der Waals surface area contributed by atoms with E-state index in [1.807, 2.05) is 6.07 Å². The highest BCUT2D eigenvalue weighted by molar-refractivity contribution is 5.95. The fraction of sp³-hybridized carbons (Fsp3) is 0.222. The molecule has 0 bridgehead atoms. The molecular formula is C18H17FN2O3. The highest BCUT2D eigenvalue weighted by atomic mass is 19.1. The van der Waals surface area contributed by atoms with Crippen LogP contribution in [-0.4, -0.2) is 22.7 Å². The average molecular weight is 328 g/mol. The molecule has 124 valence electrons. The minimum atomic E-state index is -0.363. The summed E-state index contributed by atoms with van der Waals surface area (Å²) in [7, 11) is 1.55. The Morgan fingerprint density at radius 3 is 2.67 bits per heavy atom. The summed E-state index contributed by atoms with van der Waals surface area (Å²) in [6.45, 7) is 0.512. The second-order valence-corrected chi connectivity index (χ2v) is 5.51. The number of carbonyl (C=O) groups is 1. The van der Waals surface area contributed by atoms with Gasteiger partial charge in [0.15, 0.2) is 5.78 Å². The van der Waals surface area contributed by atoms with E-state index >= 15 is 0 Å². The molecule has 1 aromatic heterocycles. The number of halogens is 1. The second-order valence-electron chi connectivity index (χ2n) is 5.51. The molecule has 24 heavy (non-hydrogen) atoms. The number of nitrogens with zero attached hydrogens (tertiary/aromatic N) is 1. The third-order valence-corrected chi connectivity index (χ3v) is 3.93. The average Bonchev–Trinajstić information content (AvgIpc) is 2.91. The number of fused-ring (bicyclic) bond motifs is 1. The molecule has 5 nitrogen and oxygen atoms in total. The molecule has 0 saturated carbocycles. The molecule has 6 heteroatoms. The summed E-state index contributed by atoms with van der Waals surface area (Å²) < 4.78 is 19.7. The van der Waals surface area contributed by atoms with Gasteiger partial charge in [-0.2, -0.15) is 0 Å². The number of aromatic nitrogens is 2. The van der Waals surface area contributed by atoms with Gasteiger partial charge in [0, 0.05) is 18.5 Å². The normalized spacial score (nSPS) is 10.9. The number of aryl methyl sites for hydroxylation is 1. The fourth-order valence-electron chi connectivity index (χ4n) is 2.66. The van der Waals surface area contributed by atoms with Crippen LogP contribution >= 0.6 is 0 Å². The molecule has 1 heterocycles. The summed E-state index contributed by atoms with van der Waals surface area (Å²) in [5.41, 5.74) is 1.08. The Balaban J connectivity index is 1.69. The topological polar surface area (TPSA) is 64.1 Å². The molecule has 0 amide bonds. The van der Waals surface area contributed by atoms with Crippen LogP contribution in [0, 0.1) is 5.82 Å². The first-order valence-electron chi connectivity index (χ1n) is 7.64. The maximum atomic E-state index is 12.9. The van der Waals surface area contributed by atoms with Crippen molar-refractivity contribution in [3.05, 3.63) is 64.2 Å². The first kappa shape index (κ1) is 16.0. The fourth-order valence-corrected chi connectivity index (χ4v) is 2.66. The van der Waals surface area contributed by atoms with Crippen molar-refractivity contribution in [3.8, 4) is 5.75 Å². The van der Waals surface area contributed by atoms with Gasteiger partial charge in [-0.15, -0.1) is 0 Å². The third kappa shape index (κ3) is 3.22. The van der Waals surface area contributed by atoms with E-state index in [1.54, 1.807) is 23.9 Å². The number of methoxy groups -OCH3 is 1. The van der Waals surface area contributed by atoms with Crippen LogP contribution < -0.4 is 10.3 Å². The van der Waals surface area contributed by atoms with E-state index in [1.165, 1.54) is 24.3 Å². The summed E-state index contributed by atoms with van der Waals surface area (Å²) in [6, 6.07) is 10.8. The lowest BCUT2D eigenvalue weighted by Gasteiger charge is -2.05. The first-order valence-corrected chi connectivity index (χ1v) is 7.64. The molecule has 0 aliphatic rings. The lowest BCUT2D eigenvalue weighted by molar-refractivity contribution is 0.0978. The van der Waals surface area contributed by atoms with Crippen molar-refractivity contribution in [2.75, 3.05) is 7.11 Å². The zero-order valence-electron chi connectivity index (χ0n) is 13.2. The summed E-state index contributed by atoms with van der Waals surface area (Å²) in [6.07, 6.45) is 0.894. The van der Waals surface area contributed by atoms with Gasteiger partial charge in [-0.1, -0.05) is 0 Å². The van der Waals surface area contributed by atoms with E-state index in [4.69, 9.17) is 4.74 Å². The van der Waals surface area contributed by atoms with Crippen LogP contribution in [0.3, 0.4) is 0 Å². The maximum Gasteiger partial charge on any atom is 0.272 e. The van der Waals surface area contributed by atoms with E-state index in [9.17, 15) is 14.0 Å². The zero-order chi connectivity index (χ0) is 17.1. The van der Waals surface area contributed by atoms with Crippen LogP contribution in [0.5, 0.6) is 5.75 Å². The standard InChI is InChI=1S/C18H17FN2O3/c1-24-14-8-9-16-15(11-14)18(23)20-21(16)10-2-3-17(22)12-4-6-13(19)7-5-12/h4-9,11H,2-3,10H2,1H3,(H,20,23). The van der Waals surface area contributed by atoms with Crippen molar-refractivity contribution in [2.24, 2.45) is 0 Å². The van der Waals surface area contributed by atoms with Gasteiger partial charge in [-0.25, -0.2) is 4.39 Å². The van der Waals surface area contributed by atoms with Gasteiger partial charge in [0.1, 0.15) is 11.6 Å². The second kappa shape index (κ2) is 6.70. The Morgan fingerprint density at radius 1 is 1.21 bits per heavy atom. The molecule has 0 saturated heterocycles. The Hall–Kier alpha value is -2.89. The number of H-pyrrole nitrogens is 1. The minimum absolute atomic E-state index is 0.0459. The van der Waals surface area contributed by atoms with Crippen molar-refractivity contribution in [2.45, 2.75) is 19.4 Å². The maximum absolute atomic E-state index is 12.9. The van der Waals surface area contributed by atoms with E-state index in [-0.39, 0.29) is 17.2 Å². The van der Waals surface area contributed by atoms with Crippen LogP contribution in [0.15, 0.2) is 47.3 Å². The Bertz CT molecular complexity index is 926. The van der Waals surface area contributed by atoms with Crippen molar-refractivity contribution in [3.63, 3.8) is 0 Å². The highest BCUT2D eigenvalue weighted by Crippen LogP contribution is 2.18. The number of hydrogen-bond acceptors (Lipinski definition) is 3. The number of carbonyl (C=O) groups excluding carboxylic acids is 1. The Kier molecular flexibility index (Phi) is 4.46. The van der Waals surface area contributed by atoms with Gasteiger partial charge in [0.2, 0.25) is 0 Å². The van der Waals surface area contributed by atoms with Crippen molar-refractivity contribution < 1.29 is 13.9 Å². The molecule has 0 radical (unpaired) electrons. The first-order chi connectivity index (χ1) is 11.6. The van der Waals surface area contributed by atoms with Crippen LogP contribution in [0.1, 0.15) is 23.2 Å². The number of hydrogen-bond donors (Lipinski definition) is 1. The minimum Gasteiger partial charge on any atom is -0.497 e. The van der Waals surface area contributed by atoms with Crippen molar-refractivity contribution >= 4 is 16.7 Å². The number of nitrogens with one attached hydrogen (secondary N) is 1. The Labute approximate surface area is 137 Å². The number of ether oxygens (including phenoxy) is 1. The molecule has 2 aromatic carbocycles. The van der Waals surface area contributed by atoms with Gasteiger partial charge in [0.05, 0.1) is 18.0 Å². The lowest BCUT2D eigenvalue weighted by atomic mass is 10.1. The van der Waals surface area contributed by atoms with Gasteiger partial charge < -0.3 is 4.74 Å².